The van der Waals surface area contributed by atoms with Gasteiger partial charge in [-0.3, -0.25) is 18.9 Å². The molecule has 2 aromatic heterocycles. The summed E-state index contributed by atoms with van der Waals surface area (Å²) in [5, 5.41) is 9.83. The van der Waals surface area contributed by atoms with Crippen LogP contribution in [0.25, 0.3) is 5.65 Å². The molecule has 0 aromatic carbocycles. The van der Waals surface area contributed by atoms with Crippen molar-refractivity contribution < 1.29 is 14.6 Å². The molecule has 0 amide bonds. The first-order valence-corrected chi connectivity index (χ1v) is 7.47. The van der Waals surface area contributed by atoms with Gasteiger partial charge in [-0.1, -0.05) is 6.07 Å². The highest BCUT2D eigenvalue weighted by atomic mass is 16.5. The van der Waals surface area contributed by atoms with Crippen molar-refractivity contribution in [2.75, 3.05) is 13.7 Å². The molecule has 2 aromatic rings. The van der Waals surface area contributed by atoms with E-state index in [-0.39, 0.29) is 11.5 Å². The highest BCUT2D eigenvalue weighted by molar-refractivity contribution is 5.76. The van der Waals surface area contributed by atoms with E-state index < -0.39 is 12.1 Å². The molecule has 0 saturated carbocycles. The average molecular weight is 317 g/mol. The zero-order valence-electron chi connectivity index (χ0n) is 13.1. The first-order chi connectivity index (χ1) is 11.0. The first kappa shape index (κ1) is 15.6. The molecule has 2 atom stereocenters. The number of carbonyl (C=O) groups is 1. The van der Waals surface area contributed by atoms with Gasteiger partial charge in [-0.2, -0.15) is 0 Å². The molecule has 1 N–H and O–H groups in total. The number of esters is 1. The molecule has 3 heterocycles. The smallest absolute Gasteiger partial charge is 0.323 e. The Labute approximate surface area is 133 Å². The van der Waals surface area contributed by atoms with Crippen LogP contribution in [0.5, 0.6) is 0 Å². The van der Waals surface area contributed by atoms with Crippen LogP contribution in [0.1, 0.15) is 17.7 Å². The first-order valence-electron chi connectivity index (χ1n) is 7.47. The number of nitrogens with zero attached hydrogens (tertiary/aromatic N) is 3. The van der Waals surface area contributed by atoms with Gasteiger partial charge in [0.1, 0.15) is 11.7 Å². The monoisotopic (exact) mass is 317 g/mol. The number of pyridine rings is 1. The third-order valence-electron chi connectivity index (χ3n) is 4.16. The van der Waals surface area contributed by atoms with Gasteiger partial charge in [0, 0.05) is 31.8 Å². The molecule has 0 bridgehead atoms. The number of rotatable bonds is 3. The molecule has 0 aliphatic carbocycles. The minimum absolute atomic E-state index is 0.164. The van der Waals surface area contributed by atoms with Crippen molar-refractivity contribution in [2.45, 2.75) is 32.0 Å². The number of methoxy groups -OCH3 is 1. The Balaban J connectivity index is 1.93. The fraction of sp³-hybridized carbons (Fsp3) is 0.438. The van der Waals surface area contributed by atoms with Crippen molar-refractivity contribution in [3.63, 3.8) is 0 Å². The van der Waals surface area contributed by atoms with Crippen molar-refractivity contribution in [1.29, 1.82) is 0 Å². The van der Waals surface area contributed by atoms with Crippen LogP contribution >= 0.6 is 0 Å². The Kier molecular flexibility index (Phi) is 4.14. The second kappa shape index (κ2) is 6.10. The van der Waals surface area contributed by atoms with Gasteiger partial charge in [0.25, 0.3) is 5.56 Å². The number of aryl methyl sites for hydroxylation is 1. The second-order valence-corrected chi connectivity index (χ2v) is 5.83. The maximum absolute atomic E-state index is 12.2. The highest BCUT2D eigenvalue weighted by Gasteiger charge is 2.36. The number of carbonyl (C=O) groups excluding carboxylic acids is 1. The maximum atomic E-state index is 12.2. The molecule has 23 heavy (non-hydrogen) atoms. The van der Waals surface area contributed by atoms with E-state index in [0.29, 0.717) is 30.9 Å². The fourth-order valence-electron chi connectivity index (χ4n) is 3.03. The highest BCUT2D eigenvalue weighted by Crippen LogP contribution is 2.21. The summed E-state index contributed by atoms with van der Waals surface area (Å²) in [4.78, 5) is 30.4. The lowest BCUT2D eigenvalue weighted by Gasteiger charge is -2.21. The van der Waals surface area contributed by atoms with Gasteiger partial charge < -0.3 is 9.84 Å². The van der Waals surface area contributed by atoms with E-state index in [4.69, 9.17) is 4.74 Å². The van der Waals surface area contributed by atoms with Crippen LogP contribution < -0.4 is 5.56 Å². The molecule has 0 radical (unpaired) electrons. The van der Waals surface area contributed by atoms with Gasteiger partial charge >= 0.3 is 5.97 Å². The van der Waals surface area contributed by atoms with Crippen LogP contribution in [0.2, 0.25) is 0 Å². The molecule has 0 spiro atoms. The maximum Gasteiger partial charge on any atom is 0.323 e. The summed E-state index contributed by atoms with van der Waals surface area (Å²) >= 11 is 0. The third kappa shape index (κ3) is 2.97. The Hall–Kier alpha value is -2.25. The molecular formula is C16H19N3O4. The van der Waals surface area contributed by atoms with Gasteiger partial charge in [-0.25, -0.2) is 4.98 Å². The van der Waals surface area contributed by atoms with Crippen LogP contribution in [-0.2, 0) is 16.1 Å². The van der Waals surface area contributed by atoms with E-state index in [0.717, 1.165) is 5.56 Å². The van der Waals surface area contributed by atoms with E-state index >= 15 is 0 Å². The summed E-state index contributed by atoms with van der Waals surface area (Å²) in [6.45, 7) is 2.56. The summed E-state index contributed by atoms with van der Waals surface area (Å²) in [5.41, 5.74) is 1.91. The lowest BCUT2D eigenvalue weighted by Crippen LogP contribution is -2.37. The predicted octanol–water partition coefficient (Wildman–Crippen LogP) is 0.111. The molecule has 1 aliphatic heterocycles. The number of likely N-dealkylation sites (tertiary alicyclic amines) is 1. The number of ether oxygens (including phenoxy) is 1. The molecule has 1 fully saturated rings. The summed E-state index contributed by atoms with van der Waals surface area (Å²) in [5.74, 6) is -0.379. The van der Waals surface area contributed by atoms with Gasteiger partial charge in [-0.15, -0.1) is 0 Å². The number of β-amino-alcohol motifs (C(OH)–C–C–N with tert-alkyl or cyclic N) is 1. The molecule has 3 rings (SSSR count). The molecule has 1 aliphatic rings. The second-order valence-electron chi connectivity index (χ2n) is 5.83. The largest absolute Gasteiger partial charge is 0.468 e. The lowest BCUT2D eigenvalue weighted by atomic mass is 10.2. The standard InChI is InChI=1S/C16H19N3O4/c1-10-4-3-5-19-14(21)6-11(17-15(10)19)8-18-9-12(20)7-13(18)16(22)23-2/h3-6,12-13,20H,7-9H2,1-2H3/t12-,13+/m1/s1. The summed E-state index contributed by atoms with van der Waals surface area (Å²) < 4.78 is 6.28. The SMILES string of the molecule is COC(=O)[C@@H]1C[C@@H](O)CN1Cc1cc(=O)n2cccc(C)c2n1. The van der Waals surface area contributed by atoms with E-state index in [9.17, 15) is 14.7 Å². The van der Waals surface area contributed by atoms with Gasteiger partial charge in [0.2, 0.25) is 0 Å². The van der Waals surface area contributed by atoms with E-state index in [2.05, 4.69) is 4.98 Å². The zero-order chi connectivity index (χ0) is 16.6. The van der Waals surface area contributed by atoms with Crippen molar-refractivity contribution in [3.8, 4) is 0 Å². The molecule has 1 saturated heterocycles. The Bertz CT molecular complexity index is 802. The Morgan fingerprint density at radius 1 is 1.52 bits per heavy atom. The summed E-state index contributed by atoms with van der Waals surface area (Å²) in [6.07, 6.45) is 1.43. The Morgan fingerprint density at radius 2 is 2.30 bits per heavy atom. The van der Waals surface area contributed by atoms with Crippen LogP contribution in [0, 0.1) is 6.92 Å². The van der Waals surface area contributed by atoms with Gasteiger partial charge in [0.15, 0.2) is 0 Å². The fourth-order valence-corrected chi connectivity index (χ4v) is 3.03. The van der Waals surface area contributed by atoms with Crippen molar-refractivity contribution in [3.05, 3.63) is 46.0 Å². The number of hydrogen-bond donors (Lipinski definition) is 1. The van der Waals surface area contributed by atoms with Crippen LogP contribution in [0.15, 0.2) is 29.2 Å². The minimum atomic E-state index is -0.581. The van der Waals surface area contributed by atoms with Crippen molar-refractivity contribution >= 4 is 11.6 Å². The summed E-state index contributed by atoms with van der Waals surface area (Å²) in [6, 6.07) is 4.65. The molecular weight excluding hydrogens is 298 g/mol. The lowest BCUT2D eigenvalue weighted by molar-refractivity contribution is -0.146. The van der Waals surface area contributed by atoms with E-state index in [1.54, 1.807) is 17.2 Å². The number of aliphatic hydroxyl groups is 1. The van der Waals surface area contributed by atoms with Crippen molar-refractivity contribution in [1.82, 2.24) is 14.3 Å². The van der Waals surface area contributed by atoms with Crippen molar-refractivity contribution in [2.24, 2.45) is 0 Å². The molecule has 0 unspecified atom stereocenters. The zero-order valence-corrected chi connectivity index (χ0v) is 13.1. The van der Waals surface area contributed by atoms with Crippen LogP contribution in [0.3, 0.4) is 0 Å². The van der Waals surface area contributed by atoms with E-state index in [1.165, 1.54) is 17.6 Å². The number of aliphatic hydroxyl groups excluding tert-OH is 1. The Morgan fingerprint density at radius 3 is 3.04 bits per heavy atom. The predicted molar refractivity (Wildman–Crippen MR) is 83.0 cm³/mol. The minimum Gasteiger partial charge on any atom is -0.468 e. The number of aromatic nitrogens is 2. The van der Waals surface area contributed by atoms with Gasteiger partial charge in [-0.05, 0) is 18.6 Å². The van der Waals surface area contributed by atoms with Crippen LogP contribution in [-0.4, -0.2) is 51.2 Å². The average Bonchev–Trinajstić information content (AvgIpc) is 2.88. The topological polar surface area (TPSA) is 84.1 Å². The summed E-state index contributed by atoms with van der Waals surface area (Å²) in [7, 11) is 1.33. The third-order valence-corrected chi connectivity index (χ3v) is 4.16. The number of fused-ring (bicyclic) bond motifs is 1. The van der Waals surface area contributed by atoms with Gasteiger partial charge in [0.05, 0.1) is 18.9 Å². The number of hydrogen-bond acceptors (Lipinski definition) is 6. The molecule has 122 valence electrons. The molecule has 7 heteroatoms. The quantitative estimate of drug-likeness (QED) is 0.809. The normalized spacial score (nSPS) is 21.7. The molecule has 7 nitrogen and oxygen atoms in total. The van der Waals surface area contributed by atoms with Crippen LogP contribution in [0.4, 0.5) is 0 Å². The van der Waals surface area contributed by atoms with E-state index in [1.807, 2.05) is 13.0 Å².